The molecule has 0 saturated carbocycles. The van der Waals surface area contributed by atoms with E-state index in [2.05, 4.69) is 4.90 Å². The van der Waals surface area contributed by atoms with Gasteiger partial charge in [0.15, 0.2) is 0 Å². The number of aliphatic carboxylic acids is 1. The van der Waals surface area contributed by atoms with Gasteiger partial charge in [-0.3, -0.25) is 9.69 Å². The lowest BCUT2D eigenvalue weighted by molar-refractivity contribution is -0.141. The van der Waals surface area contributed by atoms with Gasteiger partial charge in [0.2, 0.25) is 0 Å². The number of hydrogen-bond donors (Lipinski definition) is 1. The average molecular weight is 302 g/mol. The third-order valence-electron chi connectivity index (χ3n) is 3.36. The van der Waals surface area contributed by atoms with Crippen LogP contribution in [0.5, 0.6) is 11.5 Å². The largest absolute Gasteiger partial charge is 0.497 e. The maximum Gasteiger partial charge on any atom is 0.307 e. The van der Waals surface area contributed by atoms with Crippen LogP contribution in [-0.2, 0) is 4.79 Å². The Bertz CT molecular complexity index is 424. The topological polar surface area (TPSA) is 59.0 Å². The van der Waals surface area contributed by atoms with Crippen molar-refractivity contribution in [3.05, 3.63) is 24.3 Å². The van der Waals surface area contributed by atoms with Gasteiger partial charge < -0.3 is 14.6 Å². The average Bonchev–Trinajstić information content (AvgIpc) is 2.89. The van der Waals surface area contributed by atoms with E-state index in [1.807, 2.05) is 24.3 Å². The van der Waals surface area contributed by atoms with Crippen LogP contribution in [0.15, 0.2) is 24.3 Å². The summed E-state index contributed by atoms with van der Waals surface area (Å²) >= 11 is 0. The van der Waals surface area contributed by atoms with Crippen molar-refractivity contribution in [2.75, 3.05) is 33.4 Å². The molecule has 1 fully saturated rings. The first-order chi connectivity index (χ1) is 9.19. The zero-order valence-electron chi connectivity index (χ0n) is 11.4. The monoisotopic (exact) mass is 301 g/mol. The quantitative estimate of drug-likeness (QED) is 0.869. The number of carbonyl (C=O) groups is 1. The number of ether oxygens (including phenoxy) is 2. The normalized spacial score (nSPS) is 18.4. The van der Waals surface area contributed by atoms with Crippen LogP contribution in [0.25, 0.3) is 0 Å². The Hall–Kier alpha value is -1.46. The van der Waals surface area contributed by atoms with Crippen molar-refractivity contribution < 1.29 is 19.4 Å². The van der Waals surface area contributed by atoms with E-state index >= 15 is 0 Å². The summed E-state index contributed by atoms with van der Waals surface area (Å²) in [5, 5.41) is 8.91. The van der Waals surface area contributed by atoms with Gasteiger partial charge >= 0.3 is 5.97 Å². The fourth-order valence-electron chi connectivity index (χ4n) is 2.20. The summed E-state index contributed by atoms with van der Waals surface area (Å²) in [6.45, 7) is 2.79. The minimum Gasteiger partial charge on any atom is -0.497 e. The van der Waals surface area contributed by atoms with Crippen LogP contribution in [-0.4, -0.2) is 49.3 Å². The number of methoxy groups -OCH3 is 1. The van der Waals surface area contributed by atoms with Crippen LogP contribution < -0.4 is 9.47 Å². The van der Waals surface area contributed by atoms with Crippen molar-refractivity contribution in [2.24, 2.45) is 5.92 Å². The molecule has 1 aromatic rings. The minimum atomic E-state index is -0.696. The molecule has 0 amide bonds. The van der Waals surface area contributed by atoms with E-state index in [-0.39, 0.29) is 18.3 Å². The molecule has 0 bridgehead atoms. The fraction of sp³-hybridized carbons (Fsp3) is 0.500. The first-order valence-corrected chi connectivity index (χ1v) is 6.41. The van der Waals surface area contributed by atoms with Crippen LogP contribution in [0.1, 0.15) is 6.42 Å². The third-order valence-corrected chi connectivity index (χ3v) is 3.36. The Morgan fingerprint density at radius 1 is 1.35 bits per heavy atom. The van der Waals surface area contributed by atoms with Crippen LogP contribution in [0.4, 0.5) is 0 Å². The third kappa shape index (κ3) is 4.58. The van der Waals surface area contributed by atoms with Gasteiger partial charge in [0.25, 0.3) is 0 Å². The number of nitrogens with zero attached hydrogens (tertiary/aromatic N) is 1. The second-order valence-corrected chi connectivity index (χ2v) is 4.65. The smallest absolute Gasteiger partial charge is 0.307 e. The Kier molecular flexibility index (Phi) is 6.61. The molecule has 1 saturated heterocycles. The Morgan fingerprint density at radius 3 is 2.55 bits per heavy atom. The molecule has 1 atom stereocenters. The molecule has 1 aliphatic heterocycles. The summed E-state index contributed by atoms with van der Waals surface area (Å²) in [6.07, 6.45) is 0.734. The van der Waals surface area contributed by atoms with E-state index in [0.29, 0.717) is 13.2 Å². The fourth-order valence-corrected chi connectivity index (χ4v) is 2.20. The molecule has 112 valence electrons. The second-order valence-electron chi connectivity index (χ2n) is 4.65. The molecule has 5 nitrogen and oxygen atoms in total. The predicted octanol–water partition coefficient (Wildman–Crippen LogP) is 1.90. The number of carboxylic acids is 1. The lowest BCUT2D eigenvalue weighted by atomic mass is 10.1. The predicted molar refractivity (Wildman–Crippen MR) is 77.9 cm³/mol. The Morgan fingerprint density at radius 2 is 2.00 bits per heavy atom. The molecule has 20 heavy (non-hydrogen) atoms. The Labute approximate surface area is 124 Å². The molecule has 0 radical (unpaired) electrons. The van der Waals surface area contributed by atoms with Crippen LogP contribution in [0.3, 0.4) is 0 Å². The highest BCUT2D eigenvalue weighted by Gasteiger charge is 2.27. The highest BCUT2D eigenvalue weighted by Crippen LogP contribution is 2.18. The van der Waals surface area contributed by atoms with E-state index in [9.17, 15) is 4.79 Å². The molecule has 6 heteroatoms. The lowest BCUT2D eigenvalue weighted by Gasteiger charge is -2.15. The van der Waals surface area contributed by atoms with Crippen molar-refractivity contribution in [1.82, 2.24) is 4.90 Å². The lowest BCUT2D eigenvalue weighted by Crippen LogP contribution is -2.27. The summed E-state index contributed by atoms with van der Waals surface area (Å²) in [5.74, 6) is 0.686. The van der Waals surface area contributed by atoms with E-state index in [1.165, 1.54) is 0 Å². The number of hydrogen-bond acceptors (Lipinski definition) is 4. The molecule has 1 N–H and O–H groups in total. The number of likely N-dealkylation sites (tertiary alicyclic amines) is 1. The molecule has 1 aliphatic rings. The summed E-state index contributed by atoms with van der Waals surface area (Å²) < 4.78 is 10.7. The number of halogens is 1. The van der Waals surface area contributed by atoms with Gasteiger partial charge in [0.1, 0.15) is 18.1 Å². The van der Waals surface area contributed by atoms with E-state index < -0.39 is 5.97 Å². The zero-order valence-corrected chi connectivity index (χ0v) is 12.3. The van der Waals surface area contributed by atoms with E-state index in [4.69, 9.17) is 14.6 Å². The number of carboxylic acid groups (broad SMARTS) is 1. The maximum atomic E-state index is 10.8. The summed E-state index contributed by atoms with van der Waals surface area (Å²) in [4.78, 5) is 13.0. The summed E-state index contributed by atoms with van der Waals surface area (Å²) in [6, 6.07) is 7.43. The first kappa shape index (κ1) is 16.6. The van der Waals surface area contributed by atoms with Crippen molar-refractivity contribution in [1.29, 1.82) is 0 Å². The zero-order chi connectivity index (χ0) is 13.7. The van der Waals surface area contributed by atoms with Gasteiger partial charge in [-0.05, 0) is 37.2 Å². The second kappa shape index (κ2) is 7.97. The molecular formula is C14H20ClNO4. The minimum absolute atomic E-state index is 0. The van der Waals surface area contributed by atoms with Crippen LogP contribution >= 0.6 is 12.4 Å². The molecule has 0 spiro atoms. The van der Waals surface area contributed by atoms with Gasteiger partial charge in [0, 0.05) is 13.1 Å². The van der Waals surface area contributed by atoms with E-state index in [0.717, 1.165) is 31.0 Å². The molecule has 1 unspecified atom stereocenters. The molecule has 0 aliphatic carbocycles. The van der Waals surface area contributed by atoms with Gasteiger partial charge in [-0.1, -0.05) is 0 Å². The standard InChI is InChI=1S/C14H19NO4.ClH/c1-18-12-2-4-13(5-3-12)19-9-8-15-7-6-11(10-15)14(16)17;/h2-5,11H,6-10H2,1H3,(H,16,17);1H. The highest BCUT2D eigenvalue weighted by molar-refractivity contribution is 5.85. The highest BCUT2D eigenvalue weighted by atomic mass is 35.5. The van der Waals surface area contributed by atoms with Crippen molar-refractivity contribution in [2.45, 2.75) is 6.42 Å². The van der Waals surface area contributed by atoms with Crippen LogP contribution in [0.2, 0.25) is 0 Å². The molecule has 0 aromatic heterocycles. The molecular weight excluding hydrogens is 282 g/mol. The van der Waals surface area contributed by atoms with Crippen molar-refractivity contribution >= 4 is 18.4 Å². The van der Waals surface area contributed by atoms with E-state index in [1.54, 1.807) is 7.11 Å². The summed E-state index contributed by atoms with van der Waals surface area (Å²) in [7, 11) is 1.63. The number of benzene rings is 1. The maximum absolute atomic E-state index is 10.8. The van der Waals surface area contributed by atoms with Gasteiger partial charge in [-0.2, -0.15) is 0 Å². The first-order valence-electron chi connectivity index (χ1n) is 6.41. The Balaban J connectivity index is 0.00000200. The van der Waals surface area contributed by atoms with Gasteiger partial charge in [-0.15, -0.1) is 12.4 Å². The summed E-state index contributed by atoms with van der Waals surface area (Å²) in [5.41, 5.74) is 0. The van der Waals surface area contributed by atoms with Crippen LogP contribution in [0, 0.1) is 5.92 Å². The molecule has 2 rings (SSSR count). The van der Waals surface area contributed by atoms with Crippen molar-refractivity contribution in [3.63, 3.8) is 0 Å². The molecule has 1 heterocycles. The number of rotatable bonds is 6. The van der Waals surface area contributed by atoms with Crippen molar-refractivity contribution in [3.8, 4) is 11.5 Å². The van der Waals surface area contributed by atoms with Gasteiger partial charge in [0.05, 0.1) is 13.0 Å². The SMILES string of the molecule is COc1ccc(OCCN2CCC(C(=O)O)C2)cc1.Cl. The van der Waals surface area contributed by atoms with Gasteiger partial charge in [-0.25, -0.2) is 0 Å². The molecule has 1 aromatic carbocycles.